The van der Waals surface area contributed by atoms with Gasteiger partial charge in [-0.25, -0.2) is 0 Å². The monoisotopic (exact) mass is 1070 g/mol. The third kappa shape index (κ3) is 60.2. The largest absolute Gasteiger partial charge is 0.756 e. The van der Waals surface area contributed by atoms with Crippen molar-refractivity contribution in [2.45, 2.75) is 354 Å². The van der Waals surface area contributed by atoms with E-state index in [-0.39, 0.29) is 32.0 Å². The summed E-state index contributed by atoms with van der Waals surface area (Å²) in [6, 6.07) is 0. The Hall–Kier alpha value is -0.990. The van der Waals surface area contributed by atoms with E-state index < -0.39 is 26.5 Å². The lowest BCUT2D eigenvalue weighted by molar-refractivity contribution is -0.870. The lowest BCUT2D eigenvalue weighted by Gasteiger charge is -2.28. The number of carbonyl (C=O) groups is 2. The van der Waals surface area contributed by atoms with Gasteiger partial charge in [-0.05, 0) is 12.8 Å². The number of ether oxygens (including phenoxy) is 2. The molecule has 442 valence electrons. The average Bonchev–Trinajstić information content (AvgIpc) is 3.36. The number of quaternary nitrogens is 1. The molecule has 9 nitrogen and oxygen atoms in total. The average molecular weight is 1070 g/mol. The van der Waals surface area contributed by atoms with E-state index in [0.717, 1.165) is 32.1 Å². The van der Waals surface area contributed by atoms with E-state index in [2.05, 4.69) is 13.8 Å². The molecule has 0 saturated heterocycles. The summed E-state index contributed by atoms with van der Waals surface area (Å²) in [6.07, 6.45) is 66.0. The molecular weight excluding hydrogens is 942 g/mol. The highest BCUT2D eigenvalue weighted by Gasteiger charge is 2.22. The lowest BCUT2D eigenvalue weighted by atomic mass is 10.0. The molecule has 0 aromatic heterocycles. The Morgan fingerprint density at radius 1 is 0.365 bits per heavy atom. The van der Waals surface area contributed by atoms with Crippen molar-refractivity contribution in [2.75, 3.05) is 47.5 Å². The van der Waals surface area contributed by atoms with Crippen LogP contribution >= 0.6 is 7.82 Å². The summed E-state index contributed by atoms with van der Waals surface area (Å²) in [6.45, 7) is 4.33. The first-order valence-electron chi connectivity index (χ1n) is 32.7. The van der Waals surface area contributed by atoms with Gasteiger partial charge in [0.1, 0.15) is 19.8 Å². The molecule has 0 aliphatic rings. The first-order valence-corrected chi connectivity index (χ1v) is 34.2. The number of likely N-dealkylation sites (N-methyl/N-ethyl adjacent to an activating group) is 1. The van der Waals surface area contributed by atoms with Crippen LogP contribution in [0.3, 0.4) is 0 Å². The summed E-state index contributed by atoms with van der Waals surface area (Å²) >= 11 is 0. The molecule has 0 spiro atoms. The second kappa shape index (κ2) is 56.7. The minimum absolute atomic E-state index is 0.0249. The molecule has 0 fully saturated rings. The maximum Gasteiger partial charge on any atom is 0.306 e. The second-order valence-corrected chi connectivity index (χ2v) is 25.3. The van der Waals surface area contributed by atoms with Crippen LogP contribution in [0.15, 0.2) is 0 Å². The smallest absolute Gasteiger partial charge is 0.306 e. The zero-order valence-electron chi connectivity index (χ0n) is 50.3. The van der Waals surface area contributed by atoms with Crippen molar-refractivity contribution in [3.63, 3.8) is 0 Å². The van der Waals surface area contributed by atoms with Gasteiger partial charge < -0.3 is 27.9 Å². The highest BCUT2D eigenvalue weighted by molar-refractivity contribution is 7.45. The first kappa shape index (κ1) is 73.0. The number of phosphoric ester groups is 1. The number of hydrogen-bond acceptors (Lipinski definition) is 8. The molecule has 74 heavy (non-hydrogen) atoms. The molecule has 10 heteroatoms. The zero-order chi connectivity index (χ0) is 54.2. The van der Waals surface area contributed by atoms with Gasteiger partial charge in [-0.2, -0.15) is 0 Å². The summed E-state index contributed by atoms with van der Waals surface area (Å²) < 4.78 is 34.3. The maximum absolute atomic E-state index is 12.8. The minimum atomic E-state index is -4.63. The van der Waals surface area contributed by atoms with Crippen molar-refractivity contribution in [2.24, 2.45) is 0 Å². The minimum Gasteiger partial charge on any atom is -0.756 e. The predicted molar refractivity (Wildman–Crippen MR) is 315 cm³/mol. The van der Waals surface area contributed by atoms with Crippen LogP contribution in [0, 0.1) is 0 Å². The van der Waals surface area contributed by atoms with E-state index >= 15 is 0 Å². The van der Waals surface area contributed by atoms with Crippen molar-refractivity contribution in [3.8, 4) is 0 Å². The summed E-state index contributed by atoms with van der Waals surface area (Å²) in [5.74, 6) is -0.805. The highest BCUT2D eigenvalue weighted by atomic mass is 31.2. The number of hydrogen-bond donors (Lipinski definition) is 0. The third-order valence-corrected chi connectivity index (χ3v) is 16.1. The van der Waals surface area contributed by atoms with Gasteiger partial charge >= 0.3 is 11.9 Å². The summed E-state index contributed by atoms with van der Waals surface area (Å²) in [7, 11) is 1.19. The lowest BCUT2D eigenvalue weighted by Crippen LogP contribution is -2.37. The number of rotatable bonds is 62. The van der Waals surface area contributed by atoms with Crippen molar-refractivity contribution < 1.29 is 42.1 Å². The standard InChI is InChI=1S/C64H128NO8P/c1-6-8-10-12-14-16-18-20-22-24-26-28-30-32-34-36-38-40-42-44-46-48-50-52-54-56-63(66)70-60-62(61-72-74(68,69)71-59-58-65(3,4)5)73-64(67)57-55-53-51-49-47-45-43-41-39-37-35-33-31-29-27-25-23-21-19-17-15-13-11-9-7-2/h62H,6-61H2,1-5H3/t62-/m1/s1. The Morgan fingerprint density at radius 3 is 0.865 bits per heavy atom. The van der Waals surface area contributed by atoms with Crippen molar-refractivity contribution in [1.29, 1.82) is 0 Å². The molecule has 0 saturated carbocycles. The molecule has 0 bridgehead atoms. The zero-order valence-corrected chi connectivity index (χ0v) is 51.2. The van der Waals surface area contributed by atoms with E-state index in [1.54, 1.807) is 0 Å². The van der Waals surface area contributed by atoms with E-state index in [1.807, 2.05) is 21.1 Å². The highest BCUT2D eigenvalue weighted by Crippen LogP contribution is 2.38. The number of unbranched alkanes of at least 4 members (excludes halogenated alkanes) is 48. The molecule has 0 N–H and O–H groups in total. The van der Waals surface area contributed by atoms with Crippen LogP contribution in [0.2, 0.25) is 0 Å². The van der Waals surface area contributed by atoms with Crippen LogP contribution in [-0.4, -0.2) is 70.0 Å². The molecule has 0 aliphatic carbocycles. The fourth-order valence-electron chi connectivity index (χ4n) is 10.1. The topological polar surface area (TPSA) is 111 Å². The predicted octanol–water partition coefficient (Wildman–Crippen LogP) is 20.0. The summed E-state index contributed by atoms with van der Waals surface area (Å²) in [5.41, 5.74) is 0. The SMILES string of the molecule is CCCCCCCCCCCCCCCCCCCCCCCCCCCC(=O)OC[C@H](COP(=O)([O-])OCC[N+](C)(C)C)OC(=O)CCCCCCCCCCCCCCCCCCCCCCCCCCC. The second-order valence-electron chi connectivity index (χ2n) is 23.9. The maximum atomic E-state index is 12.8. The van der Waals surface area contributed by atoms with E-state index in [1.165, 1.54) is 283 Å². The van der Waals surface area contributed by atoms with Gasteiger partial charge in [0.05, 0.1) is 27.7 Å². The number of phosphoric acid groups is 1. The Balaban J connectivity index is 4.02. The summed E-state index contributed by atoms with van der Waals surface area (Å²) in [4.78, 5) is 38.0. The van der Waals surface area contributed by atoms with Gasteiger partial charge in [0, 0.05) is 12.8 Å². The first-order chi connectivity index (χ1) is 36.0. The Bertz CT molecular complexity index is 1210. The molecular formula is C64H128NO8P. The fraction of sp³-hybridized carbons (Fsp3) is 0.969. The molecule has 0 radical (unpaired) electrons. The van der Waals surface area contributed by atoms with Crippen LogP contribution < -0.4 is 4.89 Å². The Morgan fingerprint density at radius 2 is 0.608 bits per heavy atom. The molecule has 0 amide bonds. The van der Waals surface area contributed by atoms with Crippen LogP contribution in [0.1, 0.15) is 348 Å². The molecule has 0 aromatic rings. The van der Waals surface area contributed by atoms with Crippen LogP contribution in [0.25, 0.3) is 0 Å². The van der Waals surface area contributed by atoms with Gasteiger partial charge in [0.2, 0.25) is 0 Å². The Kier molecular flexibility index (Phi) is 56.0. The molecule has 0 heterocycles. The summed E-state index contributed by atoms with van der Waals surface area (Å²) in [5, 5.41) is 0. The molecule has 1 unspecified atom stereocenters. The van der Waals surface area contributed by atoms with Gasteiger partial charge in [0.15, 0.2) is 6.10 Å². The molecule has 0 aliphatic heterocycles. The number of carbonyl (C=O) groups excluding carboxylic acids is 2. The van der Waals surface area contributed by atoms with Crippen LogP contribution in [0.5, 0.6) is 0 Å². The Labute approximate surface area is 461 Å². The number of nitrogens with zero attached hydrogens (tertiary/aromatic N) is 1. The third-order valence-electron chi connectivity index (χ3n) is 15.1. The fourth-order valence-corrected chi connectivity index (χ4v) is 10.8. The quantitative estimate of drug-likeness (QED) is 0.0256. The van der Waals surface area contributed by atoms with Gasteiger partial charge in [-0.1, -0.05) is 322 Å². The van der Waals surface area contributed by atoms with Crippen LogP contribution in [-0.2, 0) is 32.7 Å². The van der Waals surface area contributed by atoms with Crippen LogP contribution in [0.4, 0.5) is 0 Å². The van der Waals surface area contributed by atoms with Gasteiger partial charge in [-0.3, -0.25) is 14.2 Å². The molecule has 2 atom stereocenters. The van der Waals surface area contributed by atoms with Gasteiger partial charge in [0.25, 0.3) is 7.82 Å². The number of esters is 2. The van der Waals surface area contributed by atoms with Crippen molar-refractivity contribution in [1.82, 2.24) is 0 Å². The molecule has 0 rings (SSSR count). The van der Waals surface area contributed by atoms with E-state index in [9.17, 15) is 19.0 Å². The normalized spacial score (nSPS) is 13.1. The van der Waals surface area contributed by atoms with Crippen molar-refractivity contribution in [3.05, 3.63) is 0 Å². The molecule has 0 aromatic carbocycles. The van der Waals surface area contributed by atoms with E-state index in [0.29, 0.717) is 17.4 Å². The van der Waals surface area contributed by atoms with E-state index in [4.69, 9.17) is 18.5 Å². The van der Waals surface area contributed by atoms with Gasteiger partial charge in [-0.15, -0.1) is 0 Å². The van der Waals surface area contributed by atoms with Crippen molar-refractivity contribution >= 4 is 19.8 Å².